The maximum Gasteiger partial charge on any atom is 0.331 e. The summed E-state index contributed by atoms with van der Waals surface area (Å²) in [6, 6.07) is 0. The van der Waals surface area contributed by atoms with Gasteiger partial charge >= 0.3 is 5.97 Å². The van der Waals surface area contributed by atoms with Gasteiger partial charge in [-0.3, -0.25) is 0 Å². The van der Waals surface area contributed by atoms with Crippen LogP contribution in [-0.4, -0.2) is 11.6 Å². The minimum absolute atomic E-state index is 0.309. The lowest BCUT2D eigenvalue weighted by Gasteiger charge is -2.19. The van der Waals surface area contributed by atoms with Crippen molar-refractivity contribution in [1.29, 1.82) is 0 Å². The molecule has 64 valence electrons. The molecular formula is C10H12O2. The van der Waals surface area contributed by atoms with Crippen LogP contribution in [0.15, 0.2) is 36.5 Å². The maximum atomic E-state index is 11.0. The Balaban J connectivity index is 2.86. The molecule has 0 amide bonds. The molecule has 0 aromatic heterocycles. The van der Waals surface area contributed by atoms with Crippen LogP contribution in [0.25, 0.3) is 0 Å². The normalized spacial score (nSPS) is 26.3. The molecule has 1 rings (SSSR count). The van der Waals surface area contributed by atoms with Gasteiger partial charge in [-0.25, -0.2) is 4.79 Å². The first-order valence-electron chi connectivity index (χ1n) is 3.86. The summed E-state index contributed by atoms with van der Waals surface area (Å²) >= 11 is 0. The average molecular weight is 164 g/mol. The number of carbonyl (C=O) groups excluding carboxylic acids is 1. The number of carbonyl (C=O) groups is 1. The molecule has 0 spiro atoms. The van der Waals surface area contributed by atoms with Crippen LogP contribution in [0.2, 0.25) is 0 Å². The number of cyclic esters (lactones) is 1. The van der Waals surface area contributed by atoms with Crippen molar-refractivity contribution in [2.45, 2.75) is 19.4 Å². The molecule has 1 heterocycles. The zero-order valence-electron chi connectivity index (χ0n) is 7.28. The summed E-state index contributed by atoms with van der Waals surface area (Å²) in [4.78, 5) is 11.0. The minimum atomic E-state index is -0.518. The van der Waals surface area contributed by atoms with Crippen LogP contribution in [0.3, 0.4) is 0 Å². The van der Waals surface area contributed by atoms with Gasteiger partial charge in [0, 0.05) is 6.08 Å². The highest BCUT2D eigenvalue weighted by Gasteiger charge is 2.17. The van der Waals surface area contributed by atoms with E-state index < -0.39 is 5.60 Å². The van der Waals surface area contributed by atoms with Crippen molar-refractivity contribution in [3.63, 3.8) is 0 Å². The van der Waals surface area contributed by atoms with Crippen LogP contribution in [0, 0.1) is 0 Å². The van der Waals surface area contributed by atoms with E-state index in [0.29, 0.717) is 0 Å². The van der Waals surface area contributed by atoms with E-state index in [9.17, 15) is 4.79 Å². The van der Waals surface area contributed by atoms with Gasteiger partial charge in [0.15, 0.2) is 0 Å². The SMILES string of the molecule is CC1(C)C=C/C=C\C=C\C(=O)O1. The van der Waals surface area contributed by atoms with Crippen molar-refractivity contribution in [3.8, 4) is 0 Å². The van der Waals surface area contributed by atoms with E-state index in [1.807, 2.05) is 32.1 Å². The first-order chi connectivity index (χ1) is 5.60. The molecule has 0 N–H and O–H groups in total. The first kappa shape index (κ1) is 8.78. The highest BCUT2D eigenvalue weighted by atomic mass is 16.6. The quantitative estimate of drug-likeness (QED) is 0.512. The van der Waals surface area contributed by atoms with Gasteiger partial charge in [0.1, 0.15) is 5.60 Å². The molecular weight excluding hydrogens is 152 g/mol. The Kier molecular flexibility index (Phi) is 2.48. The van der Waals surface area contributed by atoms with Gasteiger partial charge in [-0.05, 0) is 19.9 Å². The second-order valence-corrected chi connectivity index (χ2v) is 3.13. The Morgan fingerprint density at radius 1 is 1.17 bits per heavy atom. The monoisotopic (exact) mass is 164 g/mol. The van der Waals surface area contributed by atoms with Crippen molar-refractivity contribution in [3.05, 3.63) is 36.5 Å². The predicted octanol–water partition coefficient (Wildman–Crippen LogP) is 1.99. The fraction of sp³-hybridized carbons (Fsp3) is 0.300. The zero-order valence-corrected chi connectivity index (χ0v) is 7.28. The molecule has 0 saturated heterocycles. The summed E-state index contributed by atoms with van der Waals surface area (Å²) in [5.74, 6) is -0.309. The summed E-state index contributed by atoms with van der Waals surface area (Å²) < 4.78 is 5.11. The van der Waals surface area contributed by atoms with Crippen molar-refractivity contribution in [2.24, 2.45) is 0 Å². The van der Waals surface area contributed by atoms with Crippen LogP contribution in [0.1, 0.15) is 13.8 Å². The van der Waals surface area contributed by atoms with Crippen LogP contribution in [-0.2, 0) is 9.53 Å². The molecule has 0 aromatic rings. The van der Waals surface area contributed by atoms with Gasteiger partial charge in [-0.2, -0.15) is 0 Å². The van der Waals surface area contributed by atoms with E-state index in [1.165, 1.54) is 6.08 Å². The van der Waals surface area contributed by atoms with Crippen molar-refractivity contribution >= 4 is 5.97 Å². The van der Waals surface area contributed by atoms with Gasteiger partial charge < -0.3 is 4.74 Å². The third-order valence-electron chi connectivity index (χ3n) is 1.43. The Bertz CT molecular complexity index is 257. The number of hydrogen-bond acceptors (Lipinski definition) is 2. The summed E-state index contributed by atoms with van der Waals surface area (Å²) in [6.45, 7) is 3.68. The maximum absolute atomic E-state index is 11.0. The summed E-state index contributed by atoms with van der Waals surface area (Å²) in [5, 5.41) is 0. The van der Waals surface area contributed by atoms with Gasteiger partial charge in [-0.1, -0.05) is 24.3 Å². The lowest BCUT2D eigenvalue weighted by molar-refractivity contribution is -0.146. The molecule has 2 heteroatoms. The molecule has 1 aliphatic rings. The van der Waals surface area contributed by atoms with Gasteiger partial charge in [-0.15, -0.1) is 0 Å². The number of hydrogen-bond donors (Lipinski definition) is 0. The third-order valence-corrected chi connectivity index (χ3v) is 1.43. The third kappa shape index (κ3) is 2.74. The minimum Gasteiger partial charge on any atom is -0.452 e. The fourth-order valence-corrected chi connectivity index (χ4v) is 0.877. The zero-order chi connectivity index (χ0) is 9.03. The van der Waals surface area contributed by atoms with E-state index >= 15 is 0 Å². The molecule has 1 aliphatic heterocycles. The Labute approximate surface area is 72.2 Å². The Morgan fingerprint density at radius 2 is 1.83 bits per heavy atom. The standard InChI is InChI=1S/C10H12O2/c1-10(2)8-6-4-3-5-7-9(11)12-10/h3-8H,1-2H3/b4-3-,7-5+,8-6?. The lowest BCUT2D eigenvalue weighted by atomic mass is 10.1. The molecule has 0 aromatic carbocycles. The molecule has 0 unspecified atom stereocenters. The number of rotatable bonds is 0. The van der Waals surface area contributed by atoms with Gasteiger partial charge in [0.2, 0.25) is 0 Å². The first-order valence-corrected chi connectivity index (χ1v) is 3.86. The van der Waals surface area contributed by atoms with Crippen molar-refractivity contribution in [1.82, 2.24) is 0 Å². The van der Waals surface area contributed by atoms with Crippen LogP contribution >= 0.6 is 0 Å². The van der Waals surface area contributed by atoms with E-state index in [2.05, 4.69) is 0 Å². The molecule has 2 nitrogen and oxygen atoms in total. The predicted molar refractivity (Wildman–Crippen MR) is 47.6 cm³/mol. The van der Waals surface area contributed by atoms with E-state index in [4.69, 9.17) is 4.74 Å². The molecule has 12 heavy (non-hydrogen) atoms. The number of allylic oxidation sites excluding steroid dienone is 4. The summed E-state index contributed by atoms with van der Waals surface area (Å²) in [6.07, 6.45) is 10.4. The molecule has 0 atom stereocenters. The molecule has 0 bridgehead atoms. The van der Waals surface area contributed by atoms with E-state index in [1.54, 1.807) is 12.2 Å². The topological polar surface area (TPSA) is 26.3 Å². The summed E-state index contributed by atoms with van der Waals surface area (Å²) in [5.41, 5.74) is -0.518. The Morgan fingerprint density at radius 3 is 2.58 bits per heavy atom. The largest absolute Gasteiger partial charge is 0.452 e. The van der Waals surface area contributed by atoms with Crippen LogP contribution < -0.4 is 0 Å². The van der Waals surface area contributed by atoms with Crippen LogP contribution in [0.5, 0.6) is 0 Å². The van der Waals surface area contributed by atoms with E-state index in [0.717, 1.165) is 0 Å². The van der Waals surface area contributed by atoms with Gasteiger partial charge in [0.05, 0.1) is 0 Å². The number of esters is 1. The fourth-order valence-electron chi connectivity index (χ4n) is 0.877. The second-order valence-electron chi connectivity index (χ2n) is 3.13. The van der Waals surface area contributed by atoms with Crippen molar-refractivity contribution in [2.75, 3.05) is 0 Å². The Hall–Kier alpha value is -1.31. The molecule has 0 aliphatic carbocycles. The highest BCUT2D eigenvalue weighted by molar-refractivity contribution is 5.82. The molecule has 0 radical (unpaired) electrons. The highest BCUT2D eigenvalue weighted by Crippen LogP contribution is 2.12. The lowest BCUT2D eigenvalue weighted by Crippen LogP contribution is -2.24. The number of ether oxygens (including phenoxy) is 1. The molecule has 0 saturated carbocycles. The molecule has 0 fully saturated rings. The second kappa shape index (κ2) is 3.39. The van der Waals surface area contributed by atoms with Crippen molar-refractivity contribution < 1.29 is 9.53 Å². The van der Waals surface area contributed by atoms with Crippen LogP contribution in [0.4, 0.5) is 0 Å². The smallest absolute Gasteiger partial charge is 0.331 e. The van der Waals surface area contributed by atoms with Gasteiger partial charge in [0.25, 0.3) is 0 Å². The average Bonchev–Trinajstić information content (AvgIpc) is 1.99. The van der Waals surface area contributed by atoms with E-state index in [-0.39, 0.29) is 5.97 Å². The summed E-state index contributed by atoms with van der Waals surface area (Å²) in [7, 11) is 0.